The van der Waals surface area contributed by atoms with E-state index in [0.29, 0.717) is 12.8 Å². The number of unbranched alkanes of at least 4 members (excludes halogenated alkanes) is 5. The van der Waals surface area contributed by atoms with E-state index in [2.05, 4.69) is 35.5 Å². The number of aryl methyl sites for hydroxylation is 3. The Balaban J connectivity index is 1.51. The van der Waals surface area contributed by atoms with Crippen LogP contribution in [0.5, 0.6) is 0 Å². The number of benzene rings is 1. The van der Waals surface area contributed by atoms with Crippen LogP contribution in [-0.2, 0) is 19.3 Å². The molecule has 4 N–H and O–H groups in total. The highest BCUT2D eigenvalue weighted by Crippen LogP contribution is 2.15. The minimum atomic E-state index is -0.951. The predicted molar refractivity (Wildman–Crippen MR) is 107 cm³/mol. The fraction of sp³-hybridized carbons (Fsp3) is 0.591. The van der Waals surface area contributed by atoms with Gasteiger partial charge in [0.1, 0.15) is 5.76 Å². The summed E-state index contributed by atoms with van der Waals surface area (Å²) in [6.45, 7) is -0.480. The molecular weight excluding hydrogens is 340 g/mol. The van der Waals surface area contributed by atoms with Gasteiger partial charge >= 0.3 is 0 Å². The lowest BCUT2D eigenvalue weighted by atomic mass is 9.96. The normalized spacial score (nSPS) is 11.8. The lowest BCUT2D eigenvalue weighted by molar-refractivity contribution is 0.113. The molecule has 1 heterocycles. The molecule has 0 bridgehead atoms. The number of nitrogens with two attached hydrogens (primary N) is 1. The summed E-state index contributed by atoms with van der Waals surface area (Å²) in [5, 5.41) is 22.5. The Bertz CT molecular complexity index is 623. The van der Waals surface area contributed by atoms with Gasteiger partial charge in [-0.15, -0.1) is 0 Å². The summed E-state index contributed by atoms with van der Waals surface area (Å²) in [6, 6.07) is 12.7. The Labute approximate surface area is 162 Å². The molecule has 0 radical (unpaired) electrons. The molecule has 0 saturated heterocycles. The van der Waals surface area contributed by atoms with Gasteiger partial charge in [-0.3, -0.25) is 0 Å². The predicted octanol–water partition coefficient (Wildman–Crippen LogP) is 3.42. The molecule has 0 unspecified atom stereocenters. The van der Waals surface area contributed by atoms with Gasteiger partial charge in [0.2, 0.25) is 0 Å². The summed E-state index contributed by atoms with van der Waals surface area (Å²) in [7, 11) is 0. The Morgan fingerprint density at radius 1 is 0.852 bits per heavy atom. The molecule has 1 aromatic carbocycles. The van der Waals surface area contributed by atoms with Gasteiger partial charge in [0.25, 0.3) is 0 Å². The second kappa shape index (κ2) is 11.9. The molecule has 5 nitrogen and oxygen atoms in total. The van der Waals surface area contributed by atoms with Crippen LogP contribution in [0, 0.1) is 0 Å². The molecule has 5 heteroatoms. The van der Waals surface area contributed by atoms with Gasteiger partial charge in [-0.05, 0) is 37.7 Å². The molecule has 2 aromatic rings. The van der Waals surface area contributed by atoms with Crippen molar-refractivity contribution in [1.82, 2.24) is 5.16 Å². The van der Waals surface area contributed by atoms with Gasteiger partial charge in [-0.25, -0.2) is 0 Å². The number of hydrogen-bond donors (Lipinski definition) is 3. The van der Waals surface area contributed by atoms with Crippen molar-refractivity contribution in [3.63, 3.8) is 0 Å². The van der Waals surface area contributed by atoms with Crippen molar-refractivity contribution in [2.45, 2.75) is 69.7 Å². The van der Waals surface area contributed by atoms with E-state index in [0.717, 1.165) is 24.3 Å². The lowest BCUT2D eigenvalue weighted by Crippen LogP contribution is -2.47. The first-order chi connectivity index (χ1) is 13.1. The Hall–Kier alpha value is -1.69. The van der Waals surface area contributed by atoms with Crippen molar-refractivity contribution >= 4 is 0 Å². The third-order valence-corrected chi connectivity index (χ3v) is 5.10. The number of nitrogens with zero attached hydrogens (tertiary/aromatic N) is 1. The first-order valence-electron chi connectivity index (χ1n) is 10.1. The van der Waals surface area contributed by atoms with E-state index < -0.39 is 5.54 Å². The molecule has 0 amide bonds. The zero-order chi connectivity index (χ0) is 19.4. The quantitative estimate of drug-likeness (QED) is 0.441. The maximum absolute atomic E-state index is 9.22. The summed E-state index contributed by atoms with van der Waals surface area (Å²) in [5.41, 5.74) is 7.33. The third kappa shape index (κ3) is 8.24. The lowest BCUT2D eigenvalue weighted by Gasteiger charge is -2.23. The highest BCUT2D eigenvalue weighted by Gasteiger charge is 2.23. The summed E-state index contributed by atoms with van der Waals surface area (Å²) >= 11 is 0. The van der Waals surface area contributed by atoms with E-state index in [9.17, 15) is 10.2 Å². The minimum absolute atomic E-state index is 0.240. The smallest absolute Gasteiger partial charge is 0.137 e. The molecule has 2 rings (SSSR count). The first kappa shape index (κ1) is 21.6. The molecule has 0 aliphatic carbocycles. The largest absolute Gasteiger partial charge is 0.394 e. The van der Waals surface area contributed by atoms with Crippen LogP contribution in [0.1, 0.15) is 62.0 Å². The van der Waals surface area contributed by atoms with Gasteiger partial charge in [0, 0.05) is 12.5 Å². The zero-order valence-corrected chi connectivity index (χ0v) is 16.3. The molecule has 150 valence electrons. The van der Waals surface area contributed by atoms with Crippen molar-refractivity contribution < 1.29 is 14.7 Å². The van der Waals surface area contributed by atoms with Crippen molar-refractivity contribution in [2.24, 2.45) is 5.73 Å². The fourth-order valence-corrected chi connectivity index (χ4v) is 3.16. The Kier molecular flexibility index (Phi) is 9.53. The standard InChI is InChI=1S/C22H34N2O3/c23-22(17-25,18-26)15-14-21-16-20(24-27-21)13-9-4-2-1-3-6-10-19-11-7-5-8-12-19/h5,7-8,11-12,16,25-26H,1-4,6,9-10,13-15,17-18,23H2. The van der Waals surface area contributed by atoms with E-state index in [-0.39, 0.29) is 13.2 Å². The van der Waals surface area contributed by atoms with Crippen LogP contribution in [-0.4, -0.2) is 34.1 Å². The van der Waals surface area contributed by atoms with Gasteiger partial charge < -0.3 is 20.5 Å². The van der Waals surface area contributed by atoms with E-state index in [1.807, 2.05) is 6.07 Å². The summed E-state index contributed by atoms with van der Waals surface area (Å²) in [4.78, 5) is 0. The van der Waals surface area contributed by atoms with Gasteiger partial charge in [0.15, 0.2) is 0 Å². The summed E-state index contributed by atoms with van der Waals surface area (Å²) in [6.07, 6.45) is 10.6. The maximum Gasteiger partial charge on any atom is 0.137 e. The molecule has 0 atom stereocenters. The van der Waals surface area contributed by atoms with Crippen molar-refractivity contribution in [1.29, 1.82) is 0 Å². The molecule has 1 aromatic heterocycles. The number of aliphatic hydroxyl groups excluding tert-OH is 2. The van der Waals surface area contributed by atoms with E-state index in [1.165, 1.54) is 44.1 Å². The fourth-order valence-electron chi connectivity index (χ4n) is 3.16. The highest BCUT2D eigenvalue weighted by atomic mass is 16.5. The van der Waals surface area contributed by atoms with Crippen molar-refractivity contribution in [3.8, 4) is 0 Å². The van der Waals surface area contributed by atoms with Crippen LogP contribution in [0.3, 0.4) is 0 Å². The second-order valence-electron chi connectivity index (χ2n) is 7.57. The van der Waals surface area contributed by atoms with Crippen molar-refractivity contribution in [3.05, 3.63) is 53.4 Å². The van der Waals surface area contributed by atoms with Crippen LogP contribution < -0.4 is 5.73 Å². The number of aromatic nitrogens is 1. The molecule has 0 aliphatic rings. The minimum Gasteiger partial charge on any atom is -0.394 e. The van der Waals surface area contributed by atoms with Gasteiger partial charge in [-0.1, -0.05) is 61.2 Å². The van der Waals surface area contributed by atoms with Crippen LogP contribution >= 0.6 is 0 Å². The molecule has 27 heavy (non-hydrogen) atoms. The molecule has 0 fully saturated rings. The van der Waals surface area contributed by atoms with E-state index in [1.54, 1.807) is 0 Å². The van der Waals surface area contributed by atoms with Crippen LogP contribution in [0.4, 0.5) is 0 Å². The number of aliphatic hydroxyl groups is 2. The number of hydrogen-bond acceptors (Lipinski definition) is 5. The van der Waals surface area contributed by atoms with Crippen LogP contribution in [0.15, 0.2) is 40.9 Å². The number of rotatable bonds is 14. The summed E-state index contributed by atoms with van der Waals surface area (Å²) in [5.74, 6) is 0.766. The zero-order valence-electron chi connectivity index (χ0n) is 16.3. The summed E-state index contributed by atoms with van der Waals surface area (Å²) < 4.78 is 5.33. The van der Waals surface area contributed by atoms with Crippen LogP contribution in [0.2, 0.25) is 0 Å². The van der Waals surface area contributed by atoms with E-state index >= 15 is 0 Å². The first-order valence-corrected chi connectivity index (χ1v) is 10.1. The van der Waals surface area contributed by atoms with Crippen LogP contribution in [0.25, 0.3) is 0 Å². The molecule has 0 spiro atoms. The van der Waals surface area contributed by atoms with Gasteiger partial charge in [-0.2, -0.15) is 0 Å². The molecule has 0 aliphatic heterocycles. The topological polar surface area (TPSA) is 92.5 Å². The maximum atomic E-state index is 9.22. The second-order valence-corrected chi connectivity index (χ2v) is 7.57. The average Bonchev–Trinajstić information content (AvgIpc) is 3.17. The van der Waals surface area contributed by atoms with Gasteiger partial charge in [0.05, 0.1) is 24.4 Å². The Morgan fingerprint density at radius 2 is 1.48 bits per heavy atom. The third-order valence-electron chi connectivity index (χ3n) is 5.10. The SMILES string of the molecule is NC(CO)(CO)CCc1cc(CCCCCCCCc2ccccc2)no1. The molecule has 0 saturated carbocycles. The monoisotopic (exact) mass is 374 g/mol. The Morgan fingerprint density at radius 3 is 2.15 bits per heavy atom. The van der Waals surface area contributed by atoms with Crippen molar-refractivity contribution in [2.75, 3.05) is 13.2 Å². The van der Waals surface area contributed by atoms with E-state index in [4.69, 9.17) is 10.3 Å². The highest BCUT2D eigenvalue weighted by molar-refractivity contribution is 5.14. The average molecular weight is 375 g/mol. The molecular formula is C22H34N2O3.